The van der Waals surface area contributed by atoms with Gasteiger partial charge >= 0.3 is 6.09 Å². The number of hydrogen-bond acceptors (Lipinski definition) is 11. The van der Waals surface area contributed by atoms with Crippen molar-refractivity contribution in [3.05, 3.63) is 0 Å². The van der Waals surface area contributed by atoms with E-state index in [1.54, 1.807) is 0 Å². The number of rotatable bonds is 7. The lowest BCUT2D eigenvalue weighted by atomic mass is 9.99. The van der Waals surface area contributed by atoms with Gasteiger partial charge in [0.1, 0.15) is 24.4 Å². The Hall–Kier alpha value is -1.06. The number of aliphatic hydroxyl groups excluding tert-OH is 4. The zero-order valence-electron chi connectivity index (χ0n) is 11.9. The SMILES string of the molecule is NOS(=O)(=O)CCCNC(=O)OC1O[C@H](CO)[C@@H](O)[C@H](O)[C@H]1O. The van der Waals surface area contributed by atoms with Crippen molar-refractivity contribution in [3.63, 3.8) is 0 Å². The summed E-state index contributed by atoms with van der Waals surface area (Å²) in [5.74, 6) is 4.10. The predicted molar refractivity (Wildman–Crippen MR) is 71.9 cm³/mol. The van der Waals surface area contributed by atoms with Gasteiger partial charge in [0.15, 0.2) is 0 Å². The molecule has 13 heteroatoms. The first-order valence-electron chi connectivity index (χ1n) is 6.58. The van der Waals surface area contributed by atoms with E-state index in [0.29, 0.717) is 0 Å². The quantitative estimate of drug-likeness (QED) is 0.192. The Labute approximate surface area is 131 Å². The molecule has 1 aliphatic rings. The number of nitrogens with one attached hydrogen (secondary N) is 1. The summed E-state index contributed by atoms with van der Waals surface area (Å²) in [6, 6.07) is 0. The highest BCUT2D eigenvalue weighted by atomic mass is 32.2. The van der Waals surface area contributed by atoms with Crippen LogP contribution in [-0.2, 0) is 23.9 Å². The van der Waals surface area contributed by atoms with Crippen molar-refractivity contribution < 1.29 is 47.4 Å². The fraction of sp³-hybridized carbons (Fsp3) is 0.900. The topological polar surface area (TPSA) is 198 Å². The molecule has 0 aromatic carbocycles. The third-order valence-electron chi connectivity index (χ3n) is 3.06. The molecule has 1 aliphatic heterocycles. The lowest BCUT2D eigenvalue weighted by molar-refractivity contribution is -0.284. The van der Waals surface area contributed by atoms with Crippen molar-refractivity contribution >= 4 is 16.2 Å². The van der Waals surface area contributed by atoms with Gasteiger partial charge in [-0.1, -0.05) is 0 Å². The van der Waals surface area contributed by atoms with Gasteiger partial charge in [-0.3, -0.25) is 0 Å². The lowest BCUT2D eigenvalue weighted by Crippen LogP contribution is -2.59. The van der Waals surface area contributed by atoms with E-state index >= 15 is 0 Å². The van der Waals surface area contributed by atoms with Gasteiger partial charge in [0.05, 0.1) is 12.4 Å². The number of ether oxygens (including phenoxy) is 2. The highest BCUT2D eigenvalue weighted by Gasteiger charge is 2.45. The van der Waals surface area contributed by atoms with Crippen LogP contribution in [0.5, 0.6) is 0 Å². The van der Waals surface area contributed by atoms with E-state index in [2.05, 4.69) is 15.5 Å². The smallest absolute Gasteiger partial charge is 0.409 e. The second-order valence-corrected chi connectivity index (χ2v) is 6.46. The zero-order chi connectivity index (χ0) is 17.6. The molecule has 0 bridgehead atoms. The summed E-state index contributed by atoms with van der Waals surface area (Å²) < 4.78 is 35.2. The van der Waals surface area contributed by atoms with Crippen LogP contribution in [0.2, 0.25) is 0 Å². The van der Waals surface area contributed by atoms with E-state index in [1.165, 1.54) is 0 Å². The molecule has 1 fully saturated rings. The maximum atomic E-state index is 11.5. The van der Waals surface area contributed by atoms with Crippen molar-refractivity contribution in [2.45, 2.75) is 37.1 Å². The number of carbonyl (C=O) groups is 1. The number of hydrogen-bond donors (Lipinski definition) is 6. The van der Waals surface area contributed by atoms with Crippen molar-refractivity contribution in [2.24, 2.45) is 5.90 Å². The summed E-state index contributed by atoms with van der Waals surface area (Å²) in [6.07, 6.45) is -8.85. The van der Waals surface area contributed by atoms with Gasteiger partial charge in [-0.2, -0.15) is 18.6 Å². The molecule has 0 aromatic heterocycles. The molecular formula is C10H20N2O10S. The fourth-order valence-corrected chi connectivity index (χ4v) is 2.39. The summed E-state index contributed by atoms with van der Waals surface area (Å²) >= 11 is 0. The minimum Gasteiger partial charge on any atom is -0.417 e. The van der Waals surface area contributed by atoms with Gasteiger partial charge in [-0.25, -0.2) is 4.79 Å². The van der Waals surface area contributed by atoms with Gasteiger partial charge in [0, 0.05) is 6.54 Å². The van der Waals surface area contributed by atoms with Crippen molar-refractivity contribution in [2.75, 3.05) is 18.9 Å². The molecule has 0 aliphatic carbocycles. The standard InChI is InChI=1S/C10H20N2O10S/c11-22-23(18,19)3-1-2-12-10(17)21-9-8(16)7(15)6(14)5(4-13)20-9/h5-9,13-16H,1-4,11H2,(H,12,17)/t5-,6-,7+,8-,9?/m1/s1. The first-order valence-corrected chi connectivity index (χ1v) is 8.15. The molecule has 5 atom stereocenters. The summed E-state index contributed by atoms with van der Waals surface area (Å²) in [5.41, 5.74) is 0. The van der Waals surface area contributed by atoms with Crippen molar-refractivity contribution in [1.82, 2.24) is 5.32 Å². The minimum atomic E-state index is -3.85. The van der Waals surface area contributed by atoms with Gasteiger partial charge in [-0.15, -0.1) is 0 Å². The number of alkyl carbamates (subject to hydrolysis) is 1. The van der Waals surface area contributed by atoms with E-state index in [0.717, 1.165) is 0 Å². The highest BCUT2D eigenvalue weighted by molar-refractivity contribution is 7.86. The average Bonchev–Trinajstić information content (AvgIpc) is 2.52. The van der Waals surface area contributed by atoms with E-state index in [9.17, 15) is 28.5 Å². The van der Waals surface area contributed by atoms with Crippen LogP contribution in [0.4, 0.5) is 4.79 Å². The monoisotopic (exact) mass is 360 g/mol. The molecule has 23 heavy (non-hydrogen) atoms. The molecule has 0 radical (unpaired) electrons. The molecule has 12 nitrogen and oxygen atoms in total. The van der Waals surface area contributed by atoms with Gasteiger partial charge in [-0.05, 0) is 6.42 Å². The molecule has 1 heterocycles. The zero-order valence-corrected chi connectivity index (χ0v) is 12.8. The molecular weight excluding hydrogens is 340 g/mol. The molecule has 0 aromatic rings. The van der Waals surface area contributed by atoms with Crippen LogP contribution in [0.3, 0.4) is 0 Å². The largest absolute Gasteiger partial charge is 0.417 e. The maximum Gasteiger partial charge on any atom is 0.409 e. The molecule has 1 unspecified atom stereocenters. The van der Waals surface area contributed by atoms with Crippen molar-refractivity contribution in [3.8, 4) is 0 Å². The molecule has 0 spiro atoms. The highest BCUT2D eigenvalue weighted by Crippen LogP contribution is 2.21. The first kappa shape index (κ1) is 20.0. The van der Waals surface area contributed by atoms with Gasteiger partial charge < -0.3 is 35.2 Å². The first-order chi connectivity index (χ1) is 10.7. The predicted octanol–water partition coefficient (Wildman–Crippen LogP) is -3.88. The van der Waals surface area contributed by atoms with Gasteiger partial charge in [0.2, 0.25) is 6.29 Å². The number of nitrogens with two attached hydrogens (primary N) is 1. The van der Waals surface area contributed by atoms with E-state index in [4.69, 9.17) is 14.6 Å². The summed E-state index contributed by atoms with van der Waals surface area (Å²) in [6.45, 7) is -0.762. The van der Waals surface area contributed by atoms with E-state index in [-0.39, 0.29) is 13.0 Å². The Morgan fingerprint density at radius 3 is 2.43 bits per heavy atom. The second-order valence-electron chi connectivity index (χ2n) is 4.74. The minimum absolute atomic E-state index is 0.0106. The van der Waals surface area contributed by atoms with Gasteiger partial charge in [0.25, 0.3) is 10.1 Å². The van der Waals surface area contributed by atoms with Crippen LogP contribution in [0.25, 0.3) is 0 Å². The van der Waals surface area contributed by atoms with Crippen LogP contribution in [0.15, 0.2) is 0 Å². The Kier molecular flexibility index (Phi) is 7.56. The Balaban J connectivity index is 2.41. The third kappa shape index (κ3) is 5.82. The van der Waals surface area contributed by atoms with Crippen LogP contribution < -0.4 is 11.2 Å². The molecule has 1 rings (SSSR count). The fourth-order valence-electron chi connectivity index (χ4n) is 1.80. The number of aliphatic hydroxyl groups is 4. The Morgan fingerprint density at radius 2 is 1.87 bits per heavy atom. The molecule has 0 saturated carbocycles. The van der Waals surface area contributed by atoms with E-state index < -0.39 is 59.3 Å². The third-order valence-corrected chi connectivity index (χ3v) is 4.14. The Bertz CT molecular complexity index is 484. The molecule has 7 N–H and O–H groups in total. The van der Waals surface area contributed by atoms with Crippen LogP contribution >= 0.6 is 0 Å². The Morgan fingerprint density at radius 1 is 1.22 bits per heavy atom. The second kappa shape index (κ2) is 8.70. The lowest BCUT2D eigenvalue weighted by Gasteiger charge is -2.39. The van der Waals surface area contributed by atoms with Crippen LogP contribution in [-0.4, -0.2) is 84.5 Å². The summed E-state index contributed by atoms with van der Waals surface area (Å²) in [7, 11) is -3.85. The summed E-state index contributed by atoms with van der Waals surface area (Å²) in [4.78, 5) is 11.5. The number of amides is 1. The number of carbonyl (C=O) groups excluding carboxylic acids is 1. The van der Waals surface area contributed by atoms with E-state index in [1.807, 2.05) is 0 Å². The molecule has 1 amide bonds. The molecule has 1 saturated heterocycles. The van der Waals surface area contributed by atoms with Crippen molar-refractivity contribution in [1.29, 1.82) is 0 Å². The van der Waals surface area contributed by atoms with Crippen LogP contribution in [0, 0.1) is 0 Å². The maximum absolute atomic E-state index is 11.5. The van der Waals surface area contributed by atoms with Crippen LogP contribution in [0.1, 0.15) is 6.42 Å². The normalized spacial score (nSPS) is 31.6. The average molecular weight is 360 g/mol. The summed E-state index contributed by atoms with van der Waals surface area (Å²) in [5, 5.41) is 39.9. The molecule has 136 valence electrons.